The van der Waals surface area contributed by atoms with Crippen LogP contribution in [0.15, 0.2) is 11.1 Å². The molecule has 0 aliphatic rings. The van der Waals surface area contributed by atoms with E-state index in [0.717, 1.165) is 0 Å². The minimum absolute atomic E-state index is 0. The molecule has 0 N–H and O–H groups in total. The van der Waals surface area contributed by atoms with Crippen molar-refractivity contribution in [3.63, 3.8) is 0 Å². The Labute approximate surface area is 177 Å². The van der Waals surface area contributed by atoms with E-state index in [4.69, 9.17) is 42.4 Å². The van der Waals surface area contributed by atoms with E-state index in [1.807, 2.05) is 0 Å². The van der Waals surface area contributed by atoms with Gasteiger partial charge in [-0.05, 0) is 0 Å². The van der Waals surface area contributed by atoms with Crippen molar-refractivity contribution in [2.75, 3.05) is 0 Å². The molecule has 13 heavy (non-hydrogen) atoms. The van der Waals surface area contributed by atoms with E-state index in [-0.39, 0.29) is 123 Å². The molecule has 11 heteroatoms. The van der Waals surface area contributed by atoms with E-state index in [1.165, 1.54) is 0 Å². The first kappa shape index (κ1) is 36.0. The third-order valence-corrected chi connectivity index (χ3v) is 0. The number of hydrogen-bond donors (Lipinski definition) is 0. The molecule has 0 aliphatic heterocycles. The van der Waals surface area contributed by atoms with E-state index >= 15 is 0 Å². The molecule has 0 bridgehead atoms. The van der Waals surface area contributed by atoms with Gasteiger partial charge in [0.15, 0.2) is 0 Å². The smallest absolute Gasteiger partial charge is 0.894 e. The fraction of sp³-hybridized carbons (Fsp3) is 0. The summed E-state index contributed by atoms with van der Waals surface area (Å²) in [6.45, 7) is 3.09. The Bertz CT molecular complexity index is 90.6. The molecule has 0 saturated carbocycles. The van der Waals surface area contributed by atoms with Crippen molar-refractivity contribution in [3.8, 4) is 0 Å². The second-order valence-corrected chi connectivity index (χ2v) is 2.94. The first-order valence-electron chi connectivity index (χ1n) is 1.55. The molecule has 0 rings (SSSR count). The Morgan fingerprint density at radius 3 is 0.846 bits per heavy atom. The second-order valence-electron chi connectivity index (χ2n) is 0.839. The Kier molecular flexibility index (Phi) is 59.9. The summed E-state index contributed by atoms with van der Waals surface area (Å²) < 4.78 is 0.111. The van der Waals surface area contributed by atoms with Crippen molar-refractivity contribution < 1.29 is 137 Å². The third kappa shape index (κ3) is 177. The summed E-state index contributed by atoms with van der Waals surface area (Å²) in [4.78, 5) is 34.3. The summed E-state index contributed by atoms with van der Waals surface area (Å²) >= 11 is 9.69. The molecule has 0 aromatic heterocycles. The maximum absolute atomic E-state index is 8.58. The molecule has 0 saturated heterocycles. The van der Waals surface area contributed by atoms with Gasteiger partial charge in [0, 0.05) is 0 Å². The van der Waals surface area contributed by atoms with Gasteiger partial charge in [0.2, 0.25) is 0 Å². The normalized spacial score (nSPS) is 6.62. The van der Waals surface area contributed by atoms with Gasteiger partial charge in [-0.15, -0.1) is 0 Å². The minimum Gasteiger partial charge on any atom is -0.894 e. The molecular weight excluding hydrogens is 279 g/mol. The summed E-state index contributed by atoms with van der Waals surface area (Å²) in [6.07, 6.45) is 0. The predicted molar refractivity (Wildman–Crippen MR) is 26.6 cm³/mol. The van der Waals surface area contributed by atoms with Crippen LogP contribution in [0.4, 0.5) is 0 Å². The summed E-state index contributed by atoms with van der Waals surface area (Å²) in [6, 6.07) is 0. The van der Waals surface area contributed by atoms with E-state index < -0.39 is 9.05 Å². The maximum atomic E-state index is 8.58. The SMILES string of the molecule is C=C(Cl)Cl.[Na+].[Na+].[Na+].[Na+].[O-][Si]([O-])([O-])[O-]. The molecular formula is C2H2Cl2Na4O4Si. The van der Waals surface area contributed by atoms with Crippen LogP contribution in [0.1, 0.15) is 0 Å². The molecule has 0 spiro atoms. The van der Waals surface area contributed by atoms with Crippen LogP contribution in [0.2, 0.25) is 0 Å². The van der Waals surface area contributed by atoms with Crippen LogP contribution in [-0.2, 0) is 0 Å². The van der Waals surface area contributed by atoms with Gasteiger partial charge in [-0.25, -0.2) is 0 Å². The van der Waals surface area contributed by atoms with Crippen molar-refractivity contribution in [3.05, 3.63) is 11.1 Å². The largest absolute Gasteiger partial charge is 1.00 e. The predicted octanol–water partition coefficient (Wildman–Crippen LogP) is -15.2. The number of hydrogen-bond acceptors (Lipinski definition) is 4. The molecule has 56 valence electrons. The van der Waals surface area contributed by atoms with Crippen LogP contribution in [0.3, 0.4) is 0 Å². The quantitative estimate of drug-likeness (QED) is 0.412. The Morgan fingerprint density at radius 2 is 0.846 bits per heavy atom. The molecule has 0 aromatic rings. The second kappa shape index (κ2) is 21.6. The summed E-state index contributed by atoms with van der Waals surface area (Å²) in [7, 11) is -5.61. The Balaban J connectivity index is -0.0000000146. The van der Waals surface area contributed by atoms with E-state index in [1.54, 1.807) is 0 Å². The summed E-state index contributed by atoms with van der Waals surface area (Å²) in [5, 5.41) is 0. The van der Waals surface area contributed by atoms with Crippen LogP contribution in [0, 0.1) is 0 Å². The van der Waals surface area contributed by atoms with Gasteiger partial charge in [-0.2, -0.15) is 0 Å². The minimum atomic E-state index is -5.61. The van der Waals surface area contributed by atoms with Crippen LogP contribution in [0.5, 0.6) is 0 Å². The average molecular weight is 281 g/mol. The molecule has 0 aliphatic carbocycles. The van der Waals surface area contributed by atoms with Crippen molar-refractivity contribution in [2.24, 2.45) is 0 Å². The van der Waals surface area contributed by atoms with E-state index in [0.29, 0.717) is 0 Å². The summed E-state index contributed by atoms with van der Waals surface area (Å²) in [5.74, 6) is 0. The van der Waals surface area contributed by atoms with Gasteiger partial charge in [-0.3, -0.25) is 0 Å². The van der Waals surface area contributed by atoms with Gasteiger partial charge in [0.05, 0.1) is 4.49 Å². The Hall–Kier alpha value is 4.38. The topological polar surface area (TPSA) is 92.2 Å². The molecule has 0 atom stereocenters. The molecule has 0 fully saturated rings. The fourth-order valence-corrected chi connectivity index (χ4v) is 0. The van der Waals surface area contributed by atoms with Crippen LogP contribution in [-0.4, -0.2) is 9.05 Å². The standard InChI is InChI=1S/C2H2Cl2.4Na.O4Si/c1-2(3)4;;;;;1-5(2,3)4/h1H2;;;;;/q;4*+1;-4. The zero-order valence-corrected chi connectivity index (χ0v) is 18.6. The molecule has 4 nitrogen and oxygen atoms in total. The molecule has 0 unspecified atom stereocenters. The van der Waals surface area contributed by atoms with E-state index in [9.17, 15) is 0 Å². The summed E-state index contributed by atoms with van der Waals surface area (Å²) in [5.41, 5.74) is 0. The van der Waals surface area contributed by atoms with Crippen molar-refractivity contribution in [1.82, 2.24) is 0 Å². The zero-order chi connectivity index (χ0) is 8.08. The molecule has 0 amide bonds. The number of rotatable bonds is 0. The van der Waals surface area contributed by atoms with Gasteiger partial charge < -0.3 is 28.2 Å². The average Bonchev–Trinajstić information content (AvgIpc) is 1.19. The van der Waals surface area contributed by atoms with Crippen molar-refractivity contribution >= 4 is 32.2 Å². The zero-order valence-electron chi connectivity index (χ0n) is 8.10. The Morgan fingerprint density at radius 1 is 0.846 bits per heavy atom. The van der Waals surface area contributed by atoms with Crippen molar-refractivity contribution in [2.45, 2.75) is 0 Å². The van der Waals surface area contributed by atoms with Gasteiger partial charge in [-0.1, -0.05) is 29.8 Å². The van der Waals surface area contributed by atoms with Gasteiger partial charge >= 0.3 is 118 Å². The van der Waals surface area contributed by atoms with Crippen LogP contribution >= 0.6 is 23.2 Å². The van der Waals surface area contributed by atoms with Gasteiger partial charge in [0.1, 0.15) is 0 Å². The first-order valence-corrected chi connectivity index (χ1v) is 3.94. The third-order valence-electron chi connectivity index (χ3n) is 0. The van der Waals surface area contributed by atoms with Crippen LogP contribution in [0.25, 0.3) is 0 Å². The van der Waals surface area contributed by atoms with Crippen molar-refractivity contribution in [1.29, 1.82) is 0 Å². The molecule has 0 aromatic carbocycles. The van der Waals surface area contributed by atoms with Crippen LogP contribution < -0.4 is 137 Å². The molecule has 0 radical (unpaired) electrons. The van der Waals surface area contributed by atoms with E-state index in [2.05, 4.69) is 6.58 Å². The monoisotopic (exact) mass is 280 g/mol. The maximum Gasteiger partial charge on any atom is 1.00 e. The number of halogens is 2. The fourth-order valence-electron chi connectivity index (χ4n) is 0. The van der Waals surface area contributed by atoms with Gasteiger partial charge in [0.25, 0.3) is 0 Å². The molecule has 0 heterocycles. The first-order chi connectivity index (χ1) is 3.73.